The molecule has 0 radical (unpaired) electrons. The Morgan fingerprint density at radius 1 is 0.340 bits per heavy atom. The zero-order valence-electron chi connectivity index (χ0n) is 25.5. The maximum absolute atomic E-state index is 6.90. The first-order valence-electron chi connectivity index (χ1n) is 16.0. The lowest BCUT2D eigenvalue weighted by Gasteiger charge is -2.12. The summed E-state index contributed by atoms with van der Waals surface area (Å²) in [5.74, 6) is 0. The zero-order chi connectivity index (χ0) is 30.9. The molecule has 0 amide bonds. The zero-order valence-corrected chi connectivity index (χ0v) is 25.5. The minimum atomic E-state index is 0.905. The van der Waals surface area contributed by atoms with Crippen molar-refractivity contribution in [2.45, 2.75) is 0 Å². The number of furan rings is 1. The number of para-hydroxylation sites is 5. The van der Waals surface area contributed by atoms with Gasteiger partial charge in [0.05, 0.1) is 16.6 Å². The maximum atomic E-state index is 6.90. The predicted octanol–water partition coefficient (Wildman–Crippen LogP) is 12.0. The fourth-order valence-corrected chi connectivity index (χ4v) is 7.51. The molecule has 0 fully saturated rings. The quantitative estimate of drug-likeness (QED) is 0.197. The Morgan fingerprint density at radius 3 is 1.66 bits per heavy atom. The predicted molar refractivity (Wildman–Crippen MR) is 196 cm³/mol. The molecule has 7 aromatic carbocycles. The molecule has 0 atom stereocenters. The Bertz CT molecular complexity index is 2780. The van der Waals surface area contributed by atoms with Crippen LogP contribution in [0.5, 0.6) is 0 Å². The van der Waals surface area contributed by atoms with E-state index in [0.29, 0.717) is 0 Å². The lowest BCUT2D eigenvalue weighted by molar-refractivity contribution is 0.674. The van der Waals surface area contributed by atoms with Gasteiger partial charge in [0.15, 0.2) is 5.58 Å². The van der Waals surface area contributed by atoms with E-state index in [1.54, 1.807) is 0 Å². The molecule has 0 spiro atoms. The van der Waals surface area contributed by atoms with E-state index >= 15 is 0 Å². The van der Waals surface area contributed by atoms with Crippen molar-refractivity contribution in [3.05, 3.63) is 170 Å². The first-order chi connectivity index (χ1) is 23.3. The highest BCUT2D eigenvalue weighted by molar-refractivity contribution is 6.19. The molecule has 10 rings (SSSR count). The van der Waals surface area contributed by atoms with Crippen LogP contribution in [0.3, 0.4) is 0 Å². The first kappa shape index (κ1) is 26.0. The fourth-order valence-electron chi connectivity index (χ4n) is 7.51. The van der Waals surface area contributed by atoms with Crippen molar-refractivity contribution >= 4 is 54.8 Å². The molecular weight excluding hydrogens is 572 g/mol. The summed E-state index contributed by atoms with van der Waals surface area (Å²) in [5.41, 5.74) is 13.3. The topological polar surface area (TPSA) is 23.0 Å². The molecule has 3 nitrogen and oxygen atoms in total. The molecule has 0 aliphatic rings. The van der Waals surface area contributed by atoms with Crippen molar-refractivity contribution in [2.24, 2.45) is 0 Å². The van der Waals surface area contributed by atoms with Crippen LogP contribution in [0, 0.1) is 0 Å². The maximum Gasteiger partial charge on any atom is 0.161 e. The van der Waals surface area contributed by atoms with Gasteiger partial charge in [0.25, 0.3) is 0 Å². The second-order valence-corrected chi connectivity index (χ2v) is 12.1. The van der Waals surface area contributed by atoms with Crippen molar-refractivity contribution in [3.8, 4) is 33.6 Å². The van der Waals surface area contributed by atoms with Gasteiger partial charge in [-0.15, -0.1) is 0 Å². The highest BCUT2D eigenvalue weighted by Gasteiger charge is 2.22. The molecule has 0 saturated heterocycles. The highest BCUT2D eigenvalue weighted by Crippen LogP contribution is 2.44. The van der Waals surface area contributed by atoms with Crippen molar-refractivity contribution in [1.82, 2.24) is 9.13 Å². The van der Waals surface area contributed by atoms with Crippen LogP contribution in [-0.4, -0.2) is 9.13 Å². The highest BCUT2D eigenvalue weighted by atomic mass is 16.3. The van der Waals surface area contributed by atoms with Gasteiger partial charge in [-0.25, -0.2) is 0 Å². The summed E-state index contributed by atoms with van der Waals surface area (Å²) in [6.45, 7) is 0. The minimum Gasteiger partial charge on any atom is -0.453 e. The van der Waals surface area contributed by atoms with Gasteiger partial charge in [-0.3, -0.25) is 0 Å². The van der Waals surface area contributed by atoms with Crippen LogP contribution in [0.2, 0.25) is 0 Å². The smallest absolute Gasteiger partial charge is 0.161 e. The second kappa shape index (κ2) is 10.1. The molecule has 220 valence electrons. The van der Waals surface area contributed by atoms with Crippen LogP contribution in [0.1, 0.15) is 0 Å². The van der Waals surface area contributed by atoms with Crippen LogP contribution < -0.4 is 0 Å². The molecule has 0 N–H and O–H groups in total. The summed E-state index contributed by atoms with van der Waals surface area (Å²) < 4.78 is 11.6. The second-order valence-electron chi connectivity index (χ2n) is 12.1. The van der Waals surface area contributed by atoms with E-state index in [9.17, 15) is 0 Å². The van der Waals surface area contributed by atoms with Crippen molar-refractivity contribution in [1.29, 1.82) is 0 Å². The van der Waals surface area contributed by atoms with Crippen molar-refractivity contribution < 1.29 is 4.42 Å². The normalized spacial score (nSPS) is 11.8. The van der Waals surface area contributed by atoms with Crippen LogP contribution in [-0.2, 0) is 0 Å². The molecule has 0 aliphatic carbocycles. The number of benzene rings is 7. The van der Waals surface area contributed by atoms with Crippen LogP contribution >= 0.6 is 0 Å². The average molecular weight is 601 g/mol. The number of hydrogen-bond donors (Lipinski definition) is 0. The molecule has 3 aromatic heterocycles. The van der Waals surface area contributed by atoms with Gasteiger partial charge in [0.2, 0.25) is 0 Å². The average Bonchev–Trinajstić information content (AvgIpc) is 3.79. The molecule has 0 saturated carbocycles. The fraction of sp³-hybridized carbons (Fsp3) is 0. The number of rotatable bonds is 4. The van der Waals surface area contributed by atoms with E-state index in [1.807, 2.05) is 0 Å². The lowest BCUT2D eigenvalue weighted by Crippen LogP contribution is -1.93. The minimum absolute atomic E-state index is 0.905. The van der Waals surface area contributed by atoms with Crippen LogP contribution in [0.4, 0.5) is 0 Å². The Kier molecular flexibility index (Phi) is 5.57. The Labute approximate surface area is 271 Å². The van der Waals surface area contributed by atoms with E-state index in [2.05, 4.69) is 179 Å². The summed E-state index contributed by atoms with van der Waals surface area (Å²) in [4.78, 5) is 0. The van der Waals surface area contributed by atoms with Gasteiger partial charge in [0.1, 0.15) is 11.1 Å². The standard InChI is InChI=1S/C44H28N2O/c1-3-14-30(15-4-1)45-39-24-11-9-20-34(39)38-28-29(26-27-41(38)45)32-18-7-8-19-33(32)35-22-13-23-37-42-44(47-43(35)37)36-21-10-12-25-40(36)46(42)31-16-5-2-6-17-31/h1-28H. The monoisotopic (exact) mass is 600 g/mol. The molecule has 47 heavy (non-hydrogen) atoms. The van der Waals surface area contributed by atoms with E-state index < -0.39 is 0 Å². The van der Waals surface area contributed by atoms with E-state index in [0.717, 1.165) is 55.5 Å². The Morgan fingerprint density at radius 2 is 0.894 bits per heavy atom. The first-order valence-corrected chi connectivity index (χ1v) is 16.0. The van der Waals surface area contributed by atoms with Gasteiger partial charge in [-0.2, -0.15) is 0 Å². The SMILES string of the molecule is c1ccc(-n2c3ccccc3c3cc(-c4ccccc4-c4cccc5c4oc4c6ccccc6n(-c6ccccc6)c54)ccc32)cc1. The molecule has 3 heterocycles. The van der Waals surface area contributed by atoms with Crippen LogP contribution in [0.15, 0.2) is 174 Å². The van der Waals surface area contributed by atoms with Gasteiger partial charge < -0.3 is 13.6 Å². The third-order valence-corrected chi connectivity index (χ3v) is 9.53. The molecule has 0 bridgehead atoms. The lowest BCUT2D eigenvalue weighted by atomic mass is 9.93. The van der Waals surface area contributed by atoms with Crippen molar-refractivity contribution in [3.63, 3.8) is 0 Å². The summed E-state index contributed by atoms with van der Waals surface area (Å²) >= 11 is 0. The molecule has 10 aromatic rings. The number of aromatic nitrogens is 2. The summed E-state index contributed by atoms with van der Waals surface area (Å²) in [6, 6.07) is 60.5. The third kappa shape index (κ3) is 3.81. The van der Waals surface area contributed by atoms with E-state index in [4.69, 9.17) is 4.42 Å². The van der Waals surface area contributed by atoms with E-state index in [1.165, 1.54) is 32.9 Å². The summed E-state index contributed by atoms with van der Waals surface area (Å²) in [7, 11) is 0. The van der Waals surface area contributed by atoms with Crippen LogP contribution in [0.25, 0.3) is 88.4 Å². The number of nitrogens with zero attached hydrogens (tertiary/aromatic N) is 2. The third-order valence-electron chi connectivity index (χ3n) is 9.53. The largest absolute Gasteiger partial charge is 0.453 e. The molecule has 0 aliphatic heterocycles. The van der Waals surface area contributed by atoms with Gasteiger partial charge in [-0.05, 0) is 77.4 Å². The van der Waals surface area contributed by atoms with Gasteiger partial charge in [0, 0.05) is 38.5 Å². The summed E-state index contributed by atoms with van der Waals surface area (Å²) in [5, 5.41) is 4.70. The van der Waals surface area contributed by atoms with Gasteiger partial charge in [-0.1, -0.05) is 109 Å². The Balaban J connectivity index is 1.21. The van der Waals surface area contributed by atoms with Crippen molar-refractivity contribution in [2.75, 3.05) is 0 Å². The molecule has 3 heteroatoms. The molecule has 0 unspecified atom stereocenters. The van der Waals surface area contributed by atoms with Gasteiger partial charge >= 0.3 is 0 Å². The number of fused-ring (bicyclic) bond motifs is 8. The molecular formula is C44H28N2O. The Hall–Kier alpha value is -6.32. The number of hydrogen-bond acceptors (Lipinski definition) is 1. The summed E-state index contributed by atoms with van der Waals surface area (Å²) in [6.07, 6.45) is 0. The van der Waals surface area contributed by atoms with E-state index in [-0.39, 0.29) is 0 Å².